The largest absolute Gasteiger partial charge is 0.504 e. The van der Waals surface area contributed by atoms with Gasteiger partial charge in [0.25, 0.3) is 0 Å². The Morgan fingerprint density at radius 1 is 1.29 bits per heavy atom. The molecule has 0 saturated heterocycles. The summed E-state index contributed by atoms with van der Waals surface area (Å²) in [6.07, 6.45) is 0. The molecular formula is C21H21N3O3S. The molecule has 144 valence electrons. The molecule has 1 aliphatic rings. The Bertz CT molecular complexity index is 1020. The van der Waals surface area contributed by atoms with Gasteiger partial charge < -0.3 is 15.2 Å². The SMILES string of the molecule is CCOc1cc([C@@H]2SCC(=O)Nc3c2c(C)nn3-c2ccccc2)ccc1O. The Hall–Kier alpha value is -2.93. The molecule has 0 radical (unpaired) electrons. The fraction of sp³-hybridized carbons (Fsp3) is 0.238. The van der Waals surface area contributed by atoms with Crippen LogP contribution in [0.15, 0.2) is 48.5 Å². The number of hydrogen-bond donors (Lipinski definition) is 2. The molecular weight excluding hydrogens is 374 g/mol. The van der Waals surface area contributed by atoms with Gasteiger partial charge in [0.15, 0.2) is 11.5 Å². The van der Waals surface area contributed by atoms with Crippen LogP contribution >= 0.6 is 11.8 Å². The van der Waals surface area contributed by atoms with Crippen molar-refractivity contribution in [3.8, 4) is 17.2 Å². The minimum absolute atomic E-state index is 0.0605. The average Bonchev–Trinajstić information content (AvgIpc) is 2.90. The Balaban J connectivity index is 1.86. The number of nitrogens with zero attached hydrogens (tertiary/aromatic N) is 2. The summed E-state index contributed by atoms with van der Waals surface area (Å²) in [5.74, 6) is 1.51. The third kappa shape index (κ3) is 3.33. The molecule has 28 heavy (non-hydrogen) atoms. The number of aromatic hydroxyl groups is 1. The van der Waals surface area contributed by atoms with Crippen LogP contribution in [0, 0.1) is 6.92 Å². The number of anilines is 1. The lowest BCUT2D eigenvalue weighted by atomic mass is 10.0. The number of nitrogens with one attached hydrogen (secondary N) is 1. The fourth-order valence-electron chi connectivity index (χ4n) is 3.37. The molecule has 1 aromatic heterocycles. The van der Waals surface area contributed by atoms with Crippen molar-refractivity contribution >= 4 is 23.5 Å². The minimum Gasteiger partial charge on any atom is -0.504 e. The van der Waals surface area contributed by atoms with Gasteiger partial charge in [0.05, 0.1) is 29.0 Å². The van der Waals surface area contributed by atoms with Crippen molar-refractivity contribution in [3.63, 3.8) is 0 Å². The molecule has 0 fully saturated rings. The van der Waals surface area contributed by atoms with Gasteiger partial charge >= 0.3 is 0 Å². The summed E-state index contributed by atoms with van der Waals surface area (Å²) in [5.41, 5.74) is 3.66. The molecule has 0 unspecified atom stereocenters. The number of carbonyl (C=O) groups is 1. The fourth-order valence-corrected chi connectivity index (χ4v) is 4.55. The number of aromatic nitrogens is 2. The van der Waals surface area contributed by atoms with Crippen LogP contribution in [-0.2, 0) is 4.79 Å². The summed E-state index contributed by atoms with van der Waals surface area (Å²) < 4.78 is 7.33. The lowest BCUT2D eigenvalue weighted by Gasteiger charge is -2.17. The van der Waals surface area contributed by atoms with Crippen LogP contribution in [0.3, 0.4) is 0 Å². The summed E-state index contributed by atoms with van der Waals surface area (Å²) in [5, 5.41) is 17.7. The van der Waals surface area contributed by atoms with Crippen molar-refractivity contribution in [1.82, 2.24) is 9.78 Å². The van der Waals surface area contributed by atoms with E-state index in [-0.39, 0.29) is 16.9 Å². The second-order valence-corrected chi connectivity index (χ2v) is 7.59. The Morgan fingerprint density at radius 3 is 2.82 bits per heavy atom. The summed E-state index contributed by atoms with van der Waals surface area (Å²) >= 11 is 1.54. The van der Waals surface area contributed by atoms with Crippen LogP contribution in [0.25, 0.3) is 5.69 Å². The van der Waals surface area contributed by atoms with Crippen LogP contribution in [-0.4, -0.2) is 33.2 Å². The minimum atomic E-state index is -0.105. The average molecular weight is 395 g/mol. The summed E-state index contributed by atoms with van der Waals surface area (Å²) in [7, 11) is 0. The Kier molecular flexibility index (Phi) is 5.00. The van der Waals surface area contributed by atoms with E-state index in [2.05, 4.69) is 5.32 Å². The van der Waals surface area contributed by atoms with E-state index >= 15 is 0 Å². The van der Waals surface area contributed by atoms with Gasteiger partial charge in [-0.15, -0.1) is 11.8 Å². The maximum atomic E-state index is 12.4. The molecule has 2 N–H and O–H groups in total. The first kappa shape index (κ1) is 18.4. The molecule has 1 aliphatic heterocycles. The first-order chi connectivity index (χ1) is 13.6. The van der Waals surface area contributed by atoms with E-state index in [1.807, 2.05) is 56.3 Å². The van der Waals surface area contributed by atoms with Crippen LogP contribution in [0.1, 0.15) is 29.0 Å². The zero-order chi connectivity index (χ0) is 19.7. The number of amides is 1. The molecule has 2 heterocycles. The quantitative estimate of drug-likeness (QED) is 0.697. The Morgan fingerprint density at radius 2 is 2.07 bits per heavy atom. The van der Waals surface area contributed by atoms with E-state index < -0.39 is 0 Å². The van der Waals surface area contributed by atoms with Crippen molar-refractivity contribution < 1.29 is 14.6 Å². The van der Waals surface area contributed by atoms with Gasteiger partial charge in [-0.3, -0.25) is 4.79 Å². The monoisotopic (exact) mass is 395 g/mol. The molecule has 6 nitrogen and oxygen atoms in total. The third-order valence-corrected chi connectivity index (χ3v) is 5.87. The molecule has 1 atom stereocenters. The normalized spacial score (nSPS) is 16.2. The van der Waals surface area contributed by atoms with Crippen LogP contribution < -0.4 is 10.1 Å². The van der Waals surface area contributed by atoms with Gasteiger partial charge in [0.1, 0.15) is 5.82 Å². The zero-order valence-electron chi connectivity index (χ0n) is 15.7. The lowest BCUT2D eigenvalue weighted by Crippen LogP contribution is -2.15. The van der Waals surface area contributed by atoms with Crippen molar-refractivity contribution in [2.24, 2.45) is 0 Å². The highest BCUT2D eigenvalue weighted by molar-refractivity contribution is 8.00. The molecule has 2 aromatic carbocycles. The maximum absolute atomic E-state index is 12.4. The first-order valence-electron chi connectivity index (χ1n) is 9.10. The number of aryl methyl sites for hydroxylation is 1. The molecule has 7 heteroatoms. The first-order valence-corrected chi connectivity index (χ1v) is 10.2. The number of benzene rings is 2. The number of hydrogen-bond acceptors (Lipinski definition) is 5. The zero-order valence-corrected chi connectivity index (χ0v) is 16.5. The predicted octanol–water partition coefficient (Wildman–Crippen LogP) is 4.06. The van der Waals surface area contributed by atoms with E-state index in [1.165, 1.54) is 0 Å². The number of thioether (sulfide) groups is 1. The van der Waals surface area contributed by atoms with E-state index in [0.29, 0.717) is 23.9 Å². The Labute approximate surface area is 167 Å². The number of fused-ring (bicyclic) bond motifs is 1. The van der Waals surface area contributed by atoms with Crippen molar-refractivity contribution in [2.45, 2.75) is 19.1 Å². The summed E-state index contributed by atoms with van der Waals surface area (Å²) in [6, 6.07) is 15.1. The maximum Gasteiger partial charge on any atom is 0.235 e. The highest BCUT2D eigenvalue weighted by Gasteiger charge is 2.31. The third-order valence-electron chi connectivity index (χ3n) is 4.60. The number of rotatable bonds is 4. The van der Waals surface area contributed by atoms with Gasteiger partial charge in [0.2, 0.25) is 5.91 Å². The molecule has 3 aromatic rings. The lowest BCUT2D eigenvalue weighted by molar-refractivity contribution is -0.113. The molecule has 0 bridgehead atoms. The number of ether oxygens (including phenoxy) is 1. The number of phenolic OH excluding ortho intramolecular Hbond substituents is 1. The number of carbonyl (C=O) groups excluding carboxylic acids is 1. The second-order valence-electron chi connectivity index (χ2n) is 6.49. The van der Waals surface area contributed by atoms with Gasteiger partial charge in [-0.05, 0) is 43.7 Å². The van der Waals surface area contributed by atoms with Crippen molar-refractivity contribution in [3.05, 3.63) is 65.4 Å². The van der Waals surface area contributed by atoms with Gasteiger partial charge in [-0.2, -0.15) is 5.10 Å². The smallest absolute Gasteiger partial charge is 0.235 e. The molecule has 1 amide bonds. The van der Waals surface area contributed by atoms with Crippen LogP contribution in [0.4, 0.5) is 5.82 Å². The topological polar surface area (TPSA) is 76.4 Å². The molecule has 0 saturated carbocycles. The molecule has 4 rings (SSSR count). The van der Waals surface area contributed by atoms with E-state index in [0.717, 1.165) is 22.5 Å². The van der Waals surface area contributed by atoms with E-state index in [9.17, 15) is 9.90 Å². The highest BCUT2D eigenvalue weighted by Crippen LogP contribution is 2.45. The van der Waals surface area contributed by atoms with Crippen LogP contribution in [0.2, 0.25) is 0 Å². The summed E-state index contributed by atoms with van der Waals surface area (Å²) in [4.78, 5) is 12.4. The van der Waals surface area contributed by atoms with Gasteiger partial charge in [-0.25, -0.2) is 4.68 Å². The molecule has 0 aliphatic carbocycles. The molecule has 0 spiro atoms. The highest BCUT2D eigenvalue weighted by atomic mass is 32.2. The van der Waals surface area contributed by atoms with E-state index in [1.54, 1.807) is 22.5 Å². The number of phenols is 1. The van der Waals surface area contributed by atoms with E-state index in [4.69, 9.17) is 9.84 Å². The second kappa shape index (κ2) is 7.59. The van der Waals surface area contributed by atoms with Crippen molar-refractivity contribution in [2.75, 3.05) is 17.7 Å². The van der Waals surface area contributed by atoms with Crippen molar-refractivity contribution in [1.29, 1.82) is 0 Å². The standard InChI is InChI=1S/C21H21N3O3S/c1-3-27-17-11-14(9-10-16(17)25)20-19-13(2)23-24(15-7-5-4-6-8-15)21(19)22-18(26)12-28-20/h4-11,20,25H,3,12H2,1-2H3,(H,22,26)/t20-/m0/s1. The van der Waals surface area contributed by atoms with Crippen LogP contribution in [0.5, 0.6) is 11.5 Å². The van der Waals surface area contributed by atoms with Gasteiger partial charge in [-0.1, -0.05) is 24.3 Å². The predicted molar refractivity (Wildman–Crippen MR) is 111 cm³/mol. The summed E-state index contributed by atoms with van der Waals surface area (Å²) in [6.45, 7) is 4.29. The number of para-hydroxylation sites is 1. The van der Waals surface area contributed by atoms with Gasteiger partial charge in [0, 0.05) is 5.56 Å².